The lowest BCUT2D eigenvalue weighted by Crippen LogP contribution is -2.27. The highest BCUT2D eigenvalue weighted by molar-refractivity contribution is 5.98. The van der Waals surface area contributed by atoms with Crippen molar-refractivity contribution in [2.24, 2.45) is 0 Å². The zero-order valence-electron chi connectivity index (χ0n) is 4.39. The molecule has 1 fully saturated rings. The predicted octanol–water partition coefficient (Wildman–Crippen LogP) is -0.884. The van der Waals surface area contributed by atoms with Gasteiger partial charge in [0.15, 0.2) is 5.78 Å². The first-order chi connectivity index (χ1) is 3.84. The molecule has 0 bridgehead atoms. The summed E-state index contributed by atoms with van der Waals surface area (Å²) in [6, 6.07) is -0.505. The maximum Gasteiger partial charge on any atom is 0.158 e. The van der Waals surface area contributed by atoms with Crippen LogP contribution in [0.3, 0.4) is 0 Å². The first-order valence-corrected chi connectivity index (χ1v) is 2.56. The molecule has 44 valence electrons. The molecule has 3 heteroatoms. The minimum atomic E-state index is -0.505. The van der Waals surface area contributed by atoms with Crippen LogP contribution in [-0.4, -0.2) is 24.7 Å². The molecule has 1 saturated heterocycles. The summed E-state index contributed by atoms with van der Waals surface area (Å²) in [4.78, 5) is 20.4. The lowest BCUT2D eigenvalue weighted by atomic mass is 10.2. The minimum Gasteiger partial charge on any atom is -0.301 e. The van der Waals surface area contributed by atoms with Crippen molar-refractivity contribution < 1.29 is 9.59 Å². The van der Waals surface area contributed by atoms with E-state index in [-0.39, 0.29) is 5.78 Å². The molecule has 1 aliphatic rings. The molecule has 1 atom stereocenters. The molecule has 8 heavy (non-hydrogen) atoms. The molecule has 0 aromatic rings. The second-order valence-electron chi connectivity index (χ2n) is 1.78. The molecule has 0 aliphatic carbocycles. The van der Waals surface area contributed by atoms with E-state index in [1.54, 1.807) is 0 Å². The Morgan fingerprint density at radius 3 is 2.75 bits per heavy atom. The highest BCUT2D eigenvalue weighted by Crippen LogP contribution is 1.95. The van der Waals surface area contributed by atoms with E-state index >= 15 is 0 Å². The summed E-state index contributed by atoms with van der Waals surface area (Å²) in [6.45, 7) is 0.655. The number of hydrogen-bond acceptors (Lipinski definition) is 3. The van der Waals surface area contributed by atoms with Crippen molar-refractivity contribution in [3.63, 3.8) is 0 Å². The molecule has 1 N–H and O–H groups in total. The van der Waals surface area contributed by atoms with Gasteiger partial charge in [0.1, 0.15) is 12.3 Å². The Bertz CT molecular complexity index is 122. The van der Waals surface area contributed by atoms with Crippen molar-refractivity contribution in [2.45, 2.75) is 12.5 Å². The van der Waals surface area contributed by atoms with Gasteiger partial charge in [0.2, 0.25) is 0 Å². The molecule has 3 nitrogen and oxygen atoms in total. The standard InChI is InChI=1S/C5H7NO2/c7-3-4-5(8)1-2-6-4/h3-4,6H,1-2H2. The van der Waals surface area contributed by atoms with E-state index in [0.29, 0.717) is 19.3 Å². The van der Waals surface area contributed by atoms with Crippen LogP contribution in [0, 0.1) is 0 Å². The summed E-state index contributed by atoms with van der Waals surface area (Å²) in [6.07, 6.45) is 1.15. The van der Waals surface area contributed by atoms with Crippen LogP contribution in [0.4, 0.5) is 0 Å². The van der Waals surface area contributed by atoms with Crippen molar-refractivity contribution in [3.05, 3.63) is 0 Å². The molecule has 1 rings (SSSR count). The Kier molecular flexibility index (Phi) is 1.39. The van der Waals surface area contributed by atoms with Crippen LogP contribution in [0.5, 0.6) is 0 Å². The fourth-order valence-corrected chi connectivity index (χ4v) is 0.744. The molecule has 1 heterocycles. The Morgan fingerprint density at radius 1 is 1.75 bits per heavy atom. The molecular weight excluding hydrogens is 106 g/mol. The molecule has 0 spiro atoms. The van der Waals surface area contributed by atoms with Crippen LogP contribution in [-0.2, 0) is 9.59 Å². The molecular formula is C5H7NO2. The average Bonchev–Trinajstić information content (AvgIpc) is 2.14. The second-order valence-corrected chi connectivity index (χ2v) is 1.78. The number of ketones is 1. The van der Waals surface area contributed by atoms with Gasteiger partial charge < -0.3 is 10.1 Å². The van der Waals surface area contributed by atoms with Gasteiger partial charge in [0, 0.05) is 13.0 Å². The number of aldehydes is 1. The van der Waals surface area contributed by atoms with E-state index in [0.717, 1.165) is 0 Å². The van der Waals surface area contributed by atoms with Gasteiger partial charge in [-0.25, -0.2) is 0 Å². The summed E-state index contributed by atoms with van der Waals surface area (Å²) in [5.41, 5.74) is 0. The van der Waals surface area contributed by atoms with Gasteiger partial charge in [-0.15, -0.1) is 0 Å². The monoisotopic (exact) mass is 113 g/mol. The highest BCUT2D eigenvalue weighted by Gasteiger charge is 2.21. The molecule has 0 amide bonds. The molecule has 0 saturated carbocycles. The smallest absolute Gasteiger partial charge is 0.158 e. The van der Waals surface area contributed by atoms with Gasteiger partial charge >= 0.3 is 0 Å². The van der Waals surface area contributed by atoms with Gasteiger partial charge in [0.25, 0.3) is 0 Å². The first kappa shape index (κ1) is 5.44. The van der Waals surface area contributed by atoms with E-state index in [1.165, 1.54) is 0 Å². The molecule has 1 aliphatic heterocycles. The quantitative estimate of drug-likeness (QED) is 0.354. The fourth-order valence-electron chi connectivity index (χ4n) is 0.744. The fraction of sp³-hybridized carbons (Fsp3) is 0.600. The normalized spacial score (nSPS) is 28.5. The summed E-state index contributed by atoms with van der Waals surface area (Å²) in [7, 11) is 0. The molecule has 0 aromatic carbocycles. The van der Waals surface area contributed by atoms with Crippen molar-refractivity contribution in [1.29, 1.82) is 0 Å². The topological polar surface area (TPSA) is 46.2 Å². The summed E-state index contributed by atoms with van der Waals surface area (Å²) < 4.78 is 0. The maximum atomic E-state index is 10.5. The summed E-state index contributed by atoms with van der Waals surface area (Å²) >= 11 is 0. The first-order valence-electron chi connectivity index (χ1n) is 2.56. The summed E-state index contributed by atoms with van der Waals surface area (Å²) in [5.74, 6) is 0.0139. The van der Waals surface area contributed by atoms with Crippen LogP contribution in [0.15, 0.2) is 0 Å². The highest BCUT2D eigenvalue weighted by atomic mass is 16.1. The van der Waals surface area contributed by atoms with Crippen LogP contribution in [0.1, 0.15) is 6.42 Å². The van der Waals surface area contributed by atoms with Crippen molar-refractivity contribution in [2.75, 3.05) is 6.54 Å². The third-order valence-corrected chi connectivity index (χ3v) is 1.22. The Hall–Kier alpha value is -0.700. The Labute approximate surface area is 47.1 Å². The zero-order valence-corrected chi connectivity index (χ0v) is 4.39. The second kappa shape index (κ2) is 2.05. The van der Waals surface area contributed by atoms with Gasteiger partial charge in [-0.2, -0.15) is 0 Å². The molecule has 0 radical (unpaired) electrons. The Balaban J connectivity index is 2.54. The Morgan fingerprint density at radius 2 is 2.50 bits per heavy atom. The third-order valence-electron chi connectivity index (χ3n) is 1.22. The maximum absolute atomic E-state index is 10.5. The van der Waals surface area contributed by atoms with Crippen LogP contribution in [0.25, 0.3) is 0 Å². The number of carbonyl (C=O) groups is 2. The number of hydrogen-bond donors (Lipinski definition) is 1. The number of nitrogens with one attached hydrogen (secondary N) is 1. The van der Waals surface area contributed by atoms with E-state index < -0.39 is 6.04 Å². The van der Waals surface area contributed by atoms with Gasteiger partial charge in [-0.05, 0) is 0 Å². The predicted molar refractivity (Wildman–Crippen MR) is 27.5 cm³/mol. The summed E-state index contributed by atoms with van der Waals surface area (Å²) in [5, 5.41) is 2.74. The van der Waals surface area contributed by atoms with E-state index in [9.17, 15) is 9.59 Å². The lowest BCUT2D eigenvalue weighted by molar-refractivity contribution is -0.122. The largest absolute Gasteiger partial charge is 0.301 e. The lowest BCUT2D eigenvalue weighted by Gasteiger charge is -1.92. The molecule has 0 aromatic heterocycles. The minimum absolute atomic E-state index is 0.0139. The van der Waals surface area contributed by atoms with Crippen LogP contribution < -0.4 is 5.32 Å². The van der Waals surface area contributed by atoms with E-state index in [4.69, 9.17) is 0 Å². The van der Waals surface area contributed by atoms with Gasteiger partial charge in [-0.3, -0.25) is 4.79 Å². The van der Waals surface area contributed by atoms with E-state index in [1.807, 2.05) is 0 Å². The zero-order chi connectivity index (χ0) is 5.98. The number of carbonyl (C=O) groups excluding carboxylic acids is 2. The number of Topliss-reactive ketones (excluding diaryl/α,β-unsaturated/α-hetero) is 1. The number of rotatable bonds is 1. The van der Waals surface area contributed by atoms with Crippen molar-refractivity contribution in [3.8, 4) is 0 Å². The van der Waals surface area contributed by atoms with Crippen LogP contribution >= 0.6 is 0 Å². The third kappa shape index (κ3) is 0.767. The van der Waals surface area contributed by atoms with Crippen molar-refractivity contribution >= 4 is 12.1 Å². The van der Waals surface area contributed by atoms with Crippen molar-refractivity contribution in [1.82, 2.24) is 5.32 Å². The van der Waals surface area contributed by atoms with Gasteiger partial charge in [0.05, 0.1) is 0 Å². The molecule has 1 unspecified atom stereocenters. The average molecular weight is 113 g/mol. The van der Waals surface area contributed by atoms with Crippen LogP contribution in [0.2, 0.25) is 0 Å². The van der Waals surface area contributed by atoms with E-state index in [2.05, 4.69) is 5.32 Å². The SMILES string of the molecule is O=CC1NCCC1=O. The van der Waals surface area contributed by atoms with Gasteiger partial charge in [-0.1, -0.05) is 0 Å².